The van der Waals surface area contributed by atoms with Gasteiger partial charge in [-0.1, -0.05) is 30.3 Å². The molecule has 1 rings (SSSR count). The molecule has 7 nitrogen and oxygen atoms in total. The number of ether oxygens (including phenoxy) is 1. The molecule has 0 fully saturated rings. The van der Waals surface area contributed by atoms with Crippen LogP contribution in [0.5, 0.6) is 0 Å². The van der Waals surface area contributed by atoms with E-state index >= 15 is 0 Å². The summed E-state index contributed by atoms with van der Waals surface area (Å²) in [6.45, 7) is 7.78. The molecule has 2 amide bonds. The van der Waals surface area contributed by atoms with Crippen molar-refractivity contribution >= 4 is 36.4 Å². The van der Waals surface area contributed by atoms with Gasteiger partial charge in [0.2, 0.25) is 6.04 Å². The monoisotopic (exact) mass is 418 g/mol. The topological polar surface area (TPSA) is 106 Å². The largest absolute Gasteiger partial charge is 0.444 e. The van der Waals surface area contributed by atoms with E-state index in [1.165, 1.54) is 26.1 Å². The number of alkyl carbamates (subject to hydrolysis) is 1. The van der Waals surface area contributed by atoms with Crippen LogP contribution in [0.1, 0.15) is 26.3 Å². The normalized spacial score (nSPS) is 13.8. The molecule has 1 unspecified atom stereocenters. The highest BCUT2D eigenvalue weighted by molar-refractivity contribution is 8.01. The van der Waals surface area contributed by atoms with Crippen molar-refractivity contribution in [3.8, 4) is 0 Å². The second kappa shape index (κ2) is 9.60. The van der Waals surface area contributed by atoms with Crippen LogP contribution in [0.4, 0.5) is 18.0 Å². The summed E-state index contributed by atoms with van der Waals surface area (Å²) in [5.41, 5.74) is -0.476. The molecule has 4 N–H and O–H groups in total. The second-order valence-electron chi connectivity index (χ2n) is 6.43. The van der Waals surface area contributed by atoms with Crippen molar-refractivity contribution in [1.82, 2.24) is 10.6 Å². The molecule has 1 atom stereocenters. The highest BCUT2D eigenvalue weighted by Crippen LogP contribution is 2.25. The van der Waals surface area contributed by atoms with Gasteiger partial charge >= 0.3 is 12.3 Å². The van der Waals surface area contributed by atoms with E-state index in [4.69, 9.17) is 9.88 Å². The lowest BCUT2D eigenvalue weighted by Crippen LogP contribution is -2.55. The fourth-order valence-corrected chi connectivity index (χ4v) is 2.39. The Morgan fingerprint density at radius 2 is 1.79 bits per heavy atom. The molecule has 1 aromatic carbocycles. The van der Waals surface area contributed by atoms with Crippen molar-refractivity contribution in [3.63, 3.8) is 0 Å². The number of rotatable bonds is 6. The Kier molecular flexibility index (Phi) is 8.06. The Morgan fingerprint density at radius 3 is 2.21 bits per heavy atom. The summed E-state index contributed by atoms with van der Waals surface area (Å²) in [5, 5.41) is 8.90. The van der Waals surface area contributed by atoms with Gasteiger partial charge in [0.25, 0.3) is 5.91 Å². The number of hydrogen-bond donors (Lipinski definition) is 3. The second-order valence-corrected chi connectivity index (χ2v) is 7.07. The summed E-state index contributed by atoms with van der Waals surface area (Å²) in [4.78, 5) is 27.7. The quantitative estimate of drug-likeness (QED) is 0.486. The SMILES string of the molecule is C=N/C(=C(/NC(=O)C(NC(=O)OC(C)(C)C)C(F)(F)F)SN)c1ccccc1. The van der Waals surface area contributed by atoms with E-state index in [1.54, 1.807) is 30.3 Å². The average molecular weight is 418 g/mol. The summed E-state index contributed by atoms with van der Waals surface area (Å²) >= 11 is 0.485. The number of alkyl halides is 3. The summed E-state index contributed by atoms with van der Waals surface area (Å²) in [7, 11) is 0. The van der Waals surface area contributed by atoms with Crippen molar-refractivity contribution in [2.45, 2.75) is 38.6 Å². The number of carbonyl (C=O) groups excluding carboxylic acids is 2. The maximum Gasteiger partial charge on any atom is 0.417 e. The summed E-state index contributed by atoms with van der Waals surface area (Å²) in [6.07, 6.45) is -6.46. The zero-order valence-electron chi connectivity index (χ0n) is 15.5. The number of amides is 2. The first-order valence-electron chi connectivity index (χ1n) is 7.89. The van der Waals surface area contributed by atoms with E-state index in [-0.39, 0.29) is 10.7 Å². The lowest BCUT2D eigenvalue weighted by atomic mass is 10.2. The zero-order chi connectivity index (χ0) is 21.5. The Bertz CT molecular complexity index is 746. The Balaban J connectivity index is 3.13. The fourth-order valence-electron chi connectivity index (χ4n) is 1.94. The predicted octanol–water partition coefficient (Wildman–Crippen LogP) is 3.19. The van der Waals surface area contributed by atoms with Crippen molar-refractivity contribution in [2.24, 2.45) is 10.1 Å². The Morgan fingerprint density at radius 1 is 1.21 bits per heavy atom. The molecular formula is C17H21F3N4O3S. The third-order valence-electron chi connectivity index (χ3n) is 3.03. The van der Waals surface area contributed by atoms with E-state index in [0.29, 0.717) is 17.5 Å². The van der Waals surface area contributed by atoms with Gasteiger partial charge in [0.1, 0.15) is 16.3 Å². The first-order valence-corrected chi connectivity index (χ1v) is 8.77. The van der Waals surface area contributed by atoms with Gasteiger partial charge in [-0.3, -0.25) is 14.9 Å². The van der Waals surface area contributed by atoms with Crippen LogP contribution in [-0.4, -0.2) is 36.5 Å². The highest BCUT2D eigenvalue weighted by atomic mass is 32.2. The summed E-state index contributed by atoms with van der Waals surface area (Å²) in [5.74, 6) is -1.55. The zero-order valence-corrected chi connectivity index (χ0v) is 16.3. The van der Waals surface area contributed by atoms with Gasteiger partial charge in [0, 0.05) is 5.56 Å². The molecule has 0 saturated heterocycles. The number of nitrogens with two attached hydrogens (primary N) is 1. The molecular weight excluding hydrogens is 397 g/mol. The molecule has 0 bridgehead atoms. The van der Waals surface area contributed by atoms with Crippen LogP contribution < -0.4 is 15.8 Å². The van der Waals surface area contributed by atoms with Crippen molar-refractivity contribution < 1.29 is 27.5 Å². The number of nitrogens with zero attached hydrogens (tertiary/aromatic N) is 1. The molecule has 0 aliphatic rings. The molecule has 1 aromatic rings. The minimum absolute atomic E-state index is 0.0830. The minimum atomic E-state index is -5.07. The standard InChI is InChI=1S/C17H21F3N4O3S/c1-16(2,3)27-15(26)23-12(17(18,19)20)13(25)24-14(28-21)11(22-4)10-8-6-5-7-9-10/h5-9,12H,4,21H2,1-3H3,(H,23,26)(H,24,25)/b14-11-. The minimum Gasteiger partial charge on any atom is -0.444 e. The van der Waals surface area contributed by atoms with Crippen LogP contribution in [0.2, 0.25) is 0 Å². The van der Waals surface area contributed by atoms with Crippen LogP contribution >= 0.6 is 11.9 Å². The molecule has 0 heterocycles. The maximum absolute atomic E-state index is 13.3. The van der Waals surface area contributed by atoms with Crippen LogP contribution in [0.25, 0.3) is 5.70 Å². The van der Waals surface area contributed by atoms with E-state index in [0.717, 1.165) is 0 Å². The number of halogens is 3. The maximum atomic E-state index is 13.3. The predicted molar refractivity (Wildman–Crippen MR) is 102 cm³/mol. The highest BCUT2D eigenvalue weighted by Gasteiger charge is 2.47. The molecule has 0 aromatic heterocycles. The molecule has 0 aliphatic heterocycles. The first kappa shape index (κ1) is 23.5. The Hall–Kier alpha value is -2.53. The number of nitrogens with one attached hydrogen (secondary N) is 2. The van der Waals surface area contributed by atoms with Gasteiger partial charge < -0.3 is 15.4 Å². The van der Waals surface area contributed by atoms with Crippen LogP contribution in [0.15, 0.2) is 40.4 Å². The smallest absolute Gasteiger partial charge is 0.417 e. The van der Waals surface area contributed by atoms with Gasteiger partial charge in [-0.2, -0.15) is 13.2 Å². The van der Waals surface area contributed by atoms with E-state index in [1.807, 2.05) is 5.32 Å². The van der Waals surface area contributed by atoms with Crippen molar-refractivity contribution in [1.29, 1.82) is 0 Å². The molecule has 11 heteroatoms. The van der Waals surface area contributed by atoms with Crippen molar-refractivity contribution in [3.05, 3.63) is 40.9 Å². The van der Waals surface area contributed by atoms with E-state index in [2.05, 4.69) is 11.7 Å². The van der Waals surface area contributed by atoms with Crippen molar-refractivity contribution in [2.75, 3.05) is 0 Å². The lowest BCUT2D eigenvalue weighted by molar-refractivity contribution is -0.167. The molecule has 0 spiro atoms. The van der Waals surface area contributed by atoms with E-state index < -0.39 is 29.8 Å². The number of carbonyl (C=O) groups is 2. The molecule has 0 saturated carbocycles. The fraction of sp³-hybridized carbons (Fsp3) is 0.353. The Labute approximate surface area is 164 Å². The van der Waals surface area contributed by atoms with Crippen LogP contribution in [0.3, 0.4) is 0 Å². The molecule has 0 radical (unpaired) electrons. The van der Waals surface area contributed by atoms with Crippen LogP contribution in [0, 0.1) is 0 Å². The van der Waals surface area contributed by atoms with Gasteiger partial charge in [0.05, 0.1) is 0 Å². The van der Waals surface area contributed by atoms with Gasteiger partial charge in [-0.05, 0) is 39.4 Å². The van der Waals surface area contributed by atoms with Gasteiger partial charge in [0.15, 0.2) is 0 Å². The summed E-state index contributed by atoms with van der Waals surface area (Å²) in [6, 6.07) is 5.45. The number of hydrogen-bond acceptors (Lipinski definition) is 6. The third kappa shape index (κ3) is 7.24. The summed E-state index contributed by atoms with van der Waals surface area (Å²) < 4.78 is 44.7. The molecule has 0 aliphatic carbocycles. The average Bonchev–Trinajstić information content (AvgIpc) is 2.57. The van der Waals surface area contributed by atoms with E-state index in [9.17, 15) is 22.8 Å². The van der Waals surface area contributed by atoms with Gasteiger partial charge in [-0.25, -0.2) is 4.79 Å². The number of benzene rings is 1. The number of aliphatic imine (C=N–C) groups is 1. The van der Waals surface area contributed by atoms with Crippen LogP contribution in [-0.2, 0) is 9.53 Å². The lowest BCUT2D eigenvalue weighted by Gasteiger charge is -2.25. The first-order chi connectivity index (χ1) is 12.9. The molecule has 154 valence electrons. The molecule has 28 heavy (non-hydrogen) atoms. The third-order valence-corrected chi connectivity index (χ3v) is 3.56. The van der Waals surface area contributed by atoms with Gasteiger partial charge in [-0.15, -0.1) is 0 Å².